The predicted molar refractivity (Wildman–Crippen MR) is 102 cm³/mol. The molecular weight excluding hydrogens is 366 g/mol. The van der Waals surface area contributed by atoms with E-state index in [0.29, 0.717) is 42.6 Å². The van der Waals surface area contributed by atoms with Gasteiger partial charge in [-0.05, 0) is 0 Å². The maximum absolute atomic E-state index is 12.5. The molecule has 3 unspecified atom stereocenters. The Bertz CT molecular complexity index is 715. The third kappa shape index (κ3) is 4.00. The van der Waals surface area contributed by atoms with Crippen molar-refractivity contribution in [2.24, 2.45) is 11.8 Å². The number of carbonyl (C=O) groups is 2. The average Bonchev–Trinajstić information content (AvgIpc) is 3.30. The highest BCUT2D eigenvalue weighted by atomic mass is 16.5. The smallest absolute Gasteiger partial charge is 0.227 e. The van der Waals surface area contributed by atoms with Crippen LogP contribution in [0.25, 0.3) is 0 Å². The van der Waals surface area contributed by atoms with Crippen molar-refractivity contribution in [1.29, 1.82) is 0 Å². The van der Waals surface area contributed by atoms with E-state index in [0.717, 1.165) is 0 Å². The molecule has 9 nitrogen and oxygen atoms in total. The number of aliphatic hydroxyl groups excluding tert-OH is 1. The summed E-state index contributed by atoms with van der Waals surface area (Å²) in [5.74, 6) is 0.559. The number of amides is 2. The molecule has 2 aliphatic heterocycles. The highest BCUT2D eigenvalue weighted by Crippen LogP contribution is 2.42. The number of β-amino-alcohol motifs (C(OH)–C–C–N with tert-alkyl or cyclic N) is 1. The molecule has 3 rings (SSSR count). The quantitative estimate of drug-likeness (QED) is 0.587. The van der Waals surface area contributed by atoms with Gasteiger partial charge < -0.3 is 34.9 Å². The van der Waals surface area contributed by atoms with Crippen LogP contribution in [0.15, 0.2) is 12.1 Å². The molecule has 154 valence electrons. The van der Waals surface area contributed by atoms with Crippen molar-refractivity contribution in [2.45, 2.75) is 12.5 Å². The van der Waals surface area contributed by atoms with E-state index in [4.69, 9.17) is 14.2 Å². The van der Waals surface area contributed by atoms with Gasteiger partial charge in [0.2, 0.25) is 17.6 Å². The van der Waals surface area contributed by atoms with Crippen molar-refractivity contribution in [3.8, 4) is 17.2 Å². The summed E-state index contributed by atoms with van der Waals surface area (Å²) in [5.41, 5.74) is 0.588. The van der Waals surface area contributed by atoms with Gasteiger partial charge >= 0.3 is 0 Å². The maximum atomic E-state index is 12.5. The molecule has 0 spiro atoms. The Kier molecular flexibility index (Phi) is 6.25. The number of anilines is 1. The van der Waals surface area contributed by atoms with Crippen LogP contribution in [-0.4, -0.2) is 70.5 Å². The minimum Gasteiger partial charge on any atom is -0.493 e. The SMILES string of the molecule is COc1cc(N2CC(C(=O)NCC3CNCC3O)CC2=O)cc(OC)c1OC. The van der Waals surface area contributed by atoms with Crippen molar-refractivity contribution >= 4 is 17.5 Å². The van der Waals surface area contributed by atoms with Crippen LogP contribution in [0.1, 0.15) is 6.42 Å². The van der Waals surface area contributed by atoms with Crippen molar-refractivity contribution in [3.63, 3.8) is 0 Å². The minimum atomic E-state index is -0.457. The first kappa shape index (κ1) is 20.2. The molecule has 2 saturated heterocycles. The Balaban J connectivity index is 1.69. The van der Waals surface area contributed by atoms with Crippen LogP contribution in [0.4, 0.5) is 5.69 Å². The zero-order valence-corrected chi connectivity index (χ0v) is 16.4. The number of nitrogens with zero attached hydrogens (tertiary/aromatic N) is 1. The molecule has 3 atom stereocenters. The Labute approximate surface area is 163 Å². The average molecular weight is 393 g/mol. The Morgan fingerprint density at radius 3 is 2.43 bits per heavy atom. The van der Waals surface area contributed by atoms with Gasteiger partial charge in [0.05, 0.1) is 39.0 Å². The molecule has 3 N–H and O–H groups in total. The lowest BCUT2D eigenvalue weighted by atomic mass is 10.0. The highest BCUT2D eigenvalue weighted by Gasteiger charge is 2.36. The fourth-order valence-corrected chi connectivity index (χ4v) is 3.66. The number of benzene rings is 1. The van der Waals surface area contributed by atoms with Gasteiger partial charge in [-0.3, -0.25) is 9.59 Å². The monoisotopic (exact) mass is 393 g/mol. The summed E-state index contributed by atoms with van der Waals surface area (Å²) in [5, 5.41) is 15.8. The van der Waals surface area contributed by atoms with E-state index in [1.807, 2.05) is 0 Å². The van der Waals surface area contributed by atoms with E-state index in [9.17, 15) is 14.7 Å². The Morgan fingerprint density at radius 2 is 1.89 bits per heavy atom. The lowest BCUT2D eigenvalue weighted by Gasteiger charge is -2.20. The normalized spacial score (nSPS) is 24.4. The van der Waals surface area contributed by atoms with E-state index in [1.165, 1.54) is 21.3 Å². The standard InChI is InChI=1S/C19H27N3O6/c1-26-15-5-13(6-16(27-2)18(15)28-3)22-10-11(4-17(22)24)19(25)21-8-12-7-20-9-14(12)23/h5-6,11-12,14,20,23H,4,7-10H2,1-3H3,(H,21,25). The Hall–Kier alpha value is -2.52. The number of nitrogens with one attached hydrogen (secondary N) is 2. The fourth-order valence-electron chi connectivity index (χ4n) is 3.66. The van der Waals surface area contributed by atoms with Gasteiger partial charge in [0.1, 0.15) is 0 Å². The number of carbonyl (C=O) groups excluding carboxylic acids is 2. The first-order valence-electron chi connectivity index (χ1n) is 9.25. The number of rotatable bonds is 7. The number of aliphatic hydroxyl groups is 1. The van der Waals surface area contributed by atoms with E-state index < -0.39 is 12.0 Å². The Morgan fingerprint density at radius 1 is 1.21 bits per heavy atom. The van der Waals surface area contributed by atoms with Crippen LogP contribution in [0, 0.1) is 11.8 Å². The van der Waals surface area contributed by atoms with Crippen LogP contribution in [0.3, 0.4) is 0 Å². The zero-order chi connectivity index (χ0) is 20.3. The summed E-state index contributed by atoms with van der Waals surface area (Å²) in [4.78, 5) is 26.6. The highest BCUT2D eigenvalue weighted by molar-refractivity contribution is 6.00. The zero-order valence-electron chi connectivity index (χ0n) is 16.4. The van der Waals surface area contributed by atoms with Crippen LogP contribution in [0.5, 0.6) is 17.2 Å². The molecule has 1 aromatic rings. The molecule has 2 amide bonds. The topological polar surface area (TPSA) is 109 Å². The fraction of sp³-hybridized carbons (Fsp3) is 0.579. The molecule has 28 heavy (non-hydrogen) atoms. The third-order valence-electron chi connectivity index (χ3n) is 5.30. The molecule has 2 aliphatic rings. The van der Waals surface area contributed by atoms with Crippen molar-refractivity contribution in [1.82, 2.24) is 10.6 Å². The van der Waals surface area contributed by atoms with Gasteiger partial charge in [-0.25, -0.2) is 0 Å². The molecule has 0 saturated carbocycles. The molecule has 0 aromatic heterocycles. The van der Waals surface area contributed by atoms with Crippen molar-refractivity contribution in [3.05, 3.63) is 12.1 Å². The summed E-state index contributed by atoms with van der Waals surface area (Å²) in [6.07, 6.45) is -0.324. The first-order chi connectivity index (χ1) is 13.5. The van der Waals surface area contributed by atoms with Gasteiger partial charge in [0, 0.05) is 50.7 Å². The van der Waals surface area contributed by atoms with E-state index in [-0.39, 0.29) is 30.7 Å². The molecule has 1 aromatic carbocycles. The molecule has 9 heteroatoms. The molecule has 0 radical (unpaired) electrons. The summed E-state index contributed by atoms with van der Waals surface area (Å²) in [7, 11) is 4.53. The van der Waals surface area contributed by atoms with Crippen molar-refractivity contribution < 1.29 is 28.9 Å². The summed E-state index contributed by atoms with van der Waals surface area (Å²) < 4.78 is 16.0. The molecule has 2 fully saturated rings. The summed E-state index contributed by atoms with van der Waals surface area (Å²) in [6, 6.07) is 3.39. The lowest BCUT2D eigenvalue weighted by molar-refractivity contribution is -0.126. The van der Waals surface area contributed by atoms with Crippen LogP contribution >= 0.6 is 0 Å². The predicted octanol–water partition coefficient (Wildman–Crippen LogP) is -0.238. The van der Waals surface area contributed by atoms with Crippen LogP contribution in [-0.2, 0) is 9.59 Å². The minimum absolute atomic E-state index is 0.00716. The van der Waals surface area contributed by atoms with E-state index in [2.05, 4.69) is 10.6 Å². The second-order valence-corrected chi connectivity index (χ2v) is 7.02. The number of ether oxygens (including phenoxy) is 3. The molecule has 0 bridgehead atoms. The maximum Gasteiger partial charge on any atom is 0.227 e. The first-order valence-corrected chi connectivity index (χ1v) is 9.25. The molecule has 0 aliphatic carbocycles. The van der Waals surface area contributed by atoms with Gasteiger partial charge in [0.15, 0.2) is 11.5 Å². The van der Waals surface area contributed by atoms with E-state index >= 15 is 0 Å². The van der Waals surface area contributed by atoms with Gasteiger partial charge in [-0.1, -0.05) is 0 Å². The van der Waals surface area contributed by atoms with Gasteiger partial charge in [-0.15, -0.1) is 0 Å². The van der Waals surface area contributed by atoms with Crippen molar-refractivity contribution in [2.75, 3.05) is 52.4 Å². The number of hydrogen-bond acceptors (Lipinski definition) is 7. The second kappa shape index (κ2) is 8.66. The molecule has 2 heterocycles. The van der Waals surface area contributed by atoms with Crippen LogP contribution < -0.4 is 29.7 Å². The lowest BCUT2D eigenvalue weighted by Crippen LogP contribution is -2.38. The third-order valence-corrected chi connectivity index (χ3v) is 5.30. The van der Waals surface area contributed by atoms with E-state index in [1.54, 1.807) is 17.0 Å². The number of hydrogen-bond donors (Lipinski definition) is 3. The van der Waals surface area contributed by atoms with Crippen LogP contribution in [0.2, 0.25) is 0 Å². The number of methoxy groups -OCH3 is 3. The summed E-state index contributed by atoms with van der Waals surface area (Å²) in [6.45, 7) is 1.87. The van der Waals surface area contributed by atoms with Gasteiger partial charge in [0.25, 0.3) is 0 Å². The largest absolute Gasteiger partial charge is 0.493 e. The second-order valence-electron chi connectivity index (χ2n) is 7.02. The molecular formula is C19H27N3O6. The summed E-state index contributed by atoms with van der Waals surface area (Å²) >= 11 is 0. The van der Waals surface area contributed by atoms with Gasteiger partial charge in [-0.2, -0.15) is 0 Å².